The number of nitrogen functional groups attached to an aromatic ring is 1. The molecule has 0 aliphatic rings. The van der Waals surface area contributed by atoms with Gasteiger partial charge in [-0.2, -0.15) is 0 Å². The Kier molecular flexibility index (Phi) is 6.23. The molecule has 0 aliphatic carbocycles. The van der Waals surface area contributed by atoms with Crippen molar-refractivity contribution in [2.75, 3.05) is 23.0 Å². The van der Waals surface area contributed by atoms with Crippen LogP contribution in [0.5, 0.6) is 5.88 Å². The molecule has 3 aromatic rings. The predicted octanol–water partition coefficient (Wildman–Crippen LogP) is 3.86. The van der Waals surface area contributed by atoms with Crippen LogP contribution in [-0.4, -0.2) is 27.5 Å². The summed E-state index contributed by atoms with van der Waals surface area (Å²) in [6.45, 7) is 6.13. The highest BCUT2D eigenvalue weighted by Gasteiger charge is 2.11. The van der Waals surface area contributed by atoms with Crippen LogP contribution in [-0.2, 0) is 4.79 Å². The fourth-order valence-electron chi connectivity index (χ4n) is 2.51. The zero-order valence-electron chi connectivity index (χ0n) is 16.6. The Morgan fingerprint density at radius 2 is 2.00 bits per heavy atom. The van der Waals surface area contributed by atoms with Crippen LogP contribution in [0.1, 0.15) is 20.8 Å². The van der Waals surface area contributed by atoms with Crippen molar-refractivity contribution in [2.45, 2.75) is 20.8 Å². The maximum Gasteiger partial charge on any atom is 0.227 e. The predicted molar refractivity (Wildman–Crippen MR) is 114 cm³/mol. The molecule has 0 aliphatic heterocycles. The topological polar surface area (TPSA) is 115 Å². The van der Waals surface area contributed by atoms with Crippen molar-refractivity contribution in [3.63, 3.8) is 0 Å². The van der Waals surface area contributed by atoms with Gasteiger partial charge in [0.1, 0.15) is 0 Å². The van der Waals surface area contributed by atoms with E-state index < -0.39 is 0 Å². The second-order valence-corrected chi connectivity index (χ2v) is 6.65. The van der Waals surface area contributed by atoms with Crippen LogP contribution in [0, 0.1) is 5.92 Å². The third kappa shape index (κ3) is 5.19. The lowest BCUT2D eigenvalue weighted by molar-refractivity contribution is -0.118. The highest BCUT2D eigenvalue weighted by Crippen LogP contribution is 2.27. The second kappa shape index (κ2) is 9.01. The third-order valence-electron chi connectivity index (χ3n) is 4.07. The van der Waals surface area contributed by atoms with E-state index in [2.05, 4.69) is 25.6 Å². The van der Waals surface area contributed by atoms with Crippen LogP contribution in [0.25, 0.3) is 11.3 Å². The first kappa shape index (κ1) is 20.1. The Balaban J connectivity index is 1.76. The van der Waals surface area contributed by atoms with Crippen LogP contribution >= 0.6 is 0 Å². The fraction of sp³-hybridized carbons (Fsp3) is 0.238. The number of nitrogens with two attached hydrogens (primary N) is 1. The molecule has 0 unspecified atom stereocenters. The maximum absolute atomic E-state index is 11.9. The first-order chi connectivity index (χ1) is 14.0. The number of benzene rings is 1. The van der Waals surface area contributed by atoms with Gasteiger partial charge in [0.25, 0.3) is 0 Å². The molecule has 150 valence electrons. The number of aromatic nitrogens is 3. The molecule has 0 atom stereocenters. The molecule has 29 heavy (non-hydrogen) atoms. The minimum Gasteiger partial charge on any atom is -0.478 e. The lowest BCUT2D eigenvalue weighted by atomic mass is 10.1. The van der Waals surface area contributed by atoms with Crippen LogP contribution in [0.3, 0.4) is 0 Å². The van der Waals surface area contributed by atoms with Gasteiger partial charge in [-0.05, 0) is 31.2 Å². The summed E-state index contributed by atoms with van der Waals surface area (Å²) in [5.41, 5.74) is 9.44. The standard InChI is InChI=1S/C21H24N6O2/c1-4-29-19-8-6-15(12-24-19)25-21-23-10-9-17(27-21)14-5-7-18(16(22)11-14)26-20(28)13(2)3/h5-13H,4,22H2,1-3H3,(H,26,28)(H,23,25,27). The molecule has 1 aromatic carbocycles. The minimum absolute atomic E-state index is 0.0815. The number of hydrogen-bond acceptors (Lipinski definition) is 7. The lowest BCUT2D eigenvalue weighted by Crippen LogP contribution is -2.18. The largest absolute Gasteiger partial charge is 0.478 e. The number of nitrogens with zero attached hydrogens (tertiary/aromatic N) is 3. The van der Waals surface area contributed by atoms with Crippen LogP contribution < -0.4 is 21.1 Å². The summed E-state index contributed by atoms with van der Waals surface area (Å²) >= 11 is 0. The lowest BCUT2D eigenvalue weighted by Gasteiger charge is -2.12. The average Bonchev–Trinajstić information content (AvgIpc) is 2.71. The Hall–Kier alpha value is -3.68. The smallest absolute Gasteiger partial charge is 0.227 e. The van der Waals surface area contributed by atoms with E-state index in [1.807, 2.05) is 32.9 Å². The summed E-state index contributed by atoms with van der Waals surface area (Å²) < 4.78 is 5.34. The number of nitrogens with one attached hydrogen (secondary N) is 2. The Morgan fingerprint density at radius 3 is 2.66 bits per heavy atom. The zero-order valence-corrected chi connectivity index (χ0v) is 16.6. The van der Waals surface area contributed by atoms with Crippen molar-refractivity contribution < 1.29 is 9.53 Å². The van der Waals surface area contributed by atoms with Gasteiger partial charge in [-0.15, -0.1) is 0 Å². The molecule has 3 rings (SSSR count). The van der Waals surface area contributed by atoms with E-state index in [4.69, 9.17) is 10.5 Å². The van der Waals surface area contributed by atoms with Gasteiger partial charge in [0.15, 0.2) is 0 Å². The Morgan fingerprint density at radius 1 is 1.17 bits per heavy atom. The molecule has 2 aromatic heterocycles. The summed E-state index contributed by atoms with van der Waals surface area (Å²) in [5.74, 6) is 0.792. The average molecular weight is 392 g/mol. The number of pyridine rings is 1. The molecule has 8 heteroatoms. The van der Waals surface area contributed by atoms with E-state index in [0.717, 1.165) is 11.3 Å². The molecule has 8 nitrogen and oxygen atoms in total. The summed E-state index contributed by atoms with van der Waals surface area (Å²) in [4.78, 5) is 24.9. The molecule has 2 heterocycles. The number of rotatable bonds is 7. The van der Waals surface area contributed by atoms with Crippen LogP contribution in [0.15, 0.2) is 48.8 Å². The fourth-order valence-corrected chi connectivity index (χ4v) is 2.51. The normalized spacial score (nSPS) is 10.6. The zero-order chi connectivity index (χ0) is 20.8. The van der Waals surface area contributed by atoms with Crippen molar-refractivity contribution in [1.29, 1.82) is 0 Å². The van der Waals surface area contributed by atoms with Crippen molar-refractivity contribution in [3.05, 3.63) is 48.8 Å². The van der Waals surface area contributed by atoms with Gasteiger partial charge >= 0.3 is 0 Å². The van der Waals surface area contributed by atoms with Crippen molar-refractivity contribution >= 4 is 28.9 Å². The number of ether oxygens (including phenoxy) is 1. The Bertz CT molecular complexity index is 989. The van der Waals surface area contributed by atoms with E-state index in [0.29, 0.717) is 35.5 Å². The van der Waals surface area contributed by atoms with Crippen LogP contribution in [0.2, 0.25) is 0 Å². The minimum atomic E-state index is -0.123. The highest BCUT2D eigenvalue weighted by molar-refractivity contribution is 5.95. The second-order valence-electron chi connectivity index (χ2n) is 6.65. The number of amides is 1. The molecular formula is C21H24N6O2. The van der Waals surface area contributed by atoms with Crippen LogP contribution in [0.4, 0.5) is 23.0 Å². The van der Waals surface area contributed by atoms with Gasteiger partial charge in [0.2, 0.25) is 17.7 Å². The molecule has 4 N–H and O–H groups in total. The van der Waals surface area contributed by atoms with E-state index >= 15 is 0 Å². The molecule has 0 saturated carbocycles. The van der Waals surface area contributed by atoms with Crippen molar-refractivity contribution in [3.8, 4) is 17.1 Å². The first-order valence-corrected chi connectivity index (χ1v) is 9.36. The molecule has 0 bridgehead atoms. The SMILES string of the molecule is CCOc1ccc(Nc2nccc(-c3ccc(NC(=O)C(C)C)c(N)c3)n2)cn1. The van der Waals surface area contributed by atoms with Gasteiger partial charge in [0, 0.05) is 23.7 Å². The van der Waals surface area contributed by atoms with E-state index in [9.17, 15) is 4.79 Å². The quantitative estimate of drug-likeness (QED) is 0.523. The van der Waals surface area contributed by atoms with Crippen molar-refractivity contribution in [2.24, 2.45) is 5.92 Å². The van der Waals surface area contributed by atoms with Gasteiger partial charge in [-0.1, -0.05) is 19.9 Å². The van der Waals surface area contributed by atoms with Gasteiger partial charge < -0.3 is 21.1 Å². The van der Waals surface area contributed by atoms with E-state index in [1.54, 1.807) is 36.7 Å². The molecular weight excluding hydrogens is 368 g/mol. The summed E-state index contributed by atoms with van der Waals surface area (Å²) in [6.07, 6.45) is 3.32. The molecule has 0 spiro atoms. The van der Waals surface area contributed by atoms with Crippen molar-refractivity contribution in [1.82, 2.24) is 15.0 Å². The summed E-state index contributed by atoms with van der Waals surface area (Å²) in [5, 5.41) is 5.94. The molecule has 0 saturated heterocycles. The van der Waals surface area contributed by atoms with Gasteiger partial charge in [-0.25, -0.2) is 15.0 Å². The summed E-state index contributed by atoms with van der Waals surface area (Å²) in [6, 6.07) is 10.8. The monoisotopic (exact) mass is 392 g/mol. The third-order valence-corrected chi connectivity index (χ3v) is 4.07. The molecule has 0 radical (unpaired) electrons. The molecule has 0 fully saturated rings. The van der Waals surface area contributed by atoms with E-state index in [1.165, 1.54) is 0 Å². The number of carbonyl (C=O) groups excluding carboxylic acids is 1. The first-order valence-electron chi connectivity index (χ1n) is 9.36. The Labute approximate surface area is 169 Å². The highest BCUT2D eigenvalue weighted by atomic mass is 16.5. The maximum atomic E-state index is 11.9. The number of anilines is 4. The number of hydrogen-bond donors (Lipinski definition) is 3. The molecule has 1 amide bonds. The van der Waals surface area contributed by atoms with E-state index in [-0.39, 0.29) is 11.8 Å². The van der Waals surface area contributed by atoms with Gasteiger partial charge in [0.05, 0.1) is 35.6 Å². The number of carbonyl (C=O) groups is 1. The van der Waals surface area contributed by atoms with Gasteiger partial charge in [-0.3, -0.25) is 4.79 Å². The summed E-state index contributed by atoms with van der Waals surface area (Å²) in [7, 11) is 0.